The minimum absolute atomic E-state index is 0. The summed E-state index contributed by atoms with van der Waals surface area (Å²) < 4.78 is 31.9. The number of rotatable bonds is 14. The van der Waals surface area contributed by atoms with Crippen LogP contribution < -0.4 is 69.3 Å². The molecule has 0 aliphatic carbocycles. The molecular weight excluding hydrogens is 406 g/mol. The molecule has 0 aromatic heterocycles. The van der Waals surface area contributed by atoms with Gasteiger partial charge < -0.3 is 19.8 Å². The van der Waals surface area contributed by atoms with Crippen LogP contribution in [0.4, 0.5) is 0 Å². The largest absolute Gasteiger partial charge is 1.00 e. The molecule has 154 valence electrons. The molecule has 0 radical (unpaired) electrons. The normalized spacial score (nSPS) is 14.7. The van der Waals surface area contributed by atoms with Crippen molar-refractivity contribution in [3.63, 3.8) is 0 Å². The van der Waals surface area contributed by atoms with Crippen LogP contribution in [-0.2, 0) is 19.7 Å². The van der Waals surface area contributed by atoms with Crippen LogP contribution in [0.3, 0.4) is 0 Å². The number of carboxylic acids is 2. The van der Waals surface area contributed by atoms with Crippen LogP contribution >= 0.6 is 0 Å². The first-order chi connectivity index (χ1) is 12.1. The first-order valence-electron chi connectivity index (χ1n) is 9.45. The van der Waals surface area contributed by atoms with Crippen molar-refractivity contribution < 1.29 is 91.9 Å². The molecule has 0 heterocycles. The molecule has 2 atom stereocenters. The van der Waals surface area contributed by atoms with E-state index in [1.165, 1.54) is 0 Å². The maximum atomic E-state index is 12.4. The monoisotopic (exact) mass is 438 g/mol. The molecule has 10 heteroatoms. The maximum absolute atomic E-state index is 12.4. The Morgan fingerprint density at radius 3 is 1.43 bits per heavy atom. The average molecular weight is 438 g/mol. The standard InChI is InChI=1S/C18H34O7S.2Na/c1-5-9-13(10-6-2)15(16(19)20)18(17(21)22,26(23,24)25)14(11-7-3)12-8-4;;/h13-15H,5-12H2,1-4H3,(H,19,20)(H,21,22)(H,23,24,25);;/q;2*+1/p-2. The maximum Gasteiger partial charge on any atom is 1.00 e. The second kappa shape index (κ2) is 15.6. The third-order valence-corrected chi connectivity index (χ3v) is 6.74. The van der Waals surface area contributed by atoms with Gasteiger partial charge in [-0.1, -0.05) is 66.2 Å². The molecule has 7 nitrogen and oxygen atoms in total. The minimum atomic E-state index is -5.28. The first kappa shape index (κ1) is 33.5. The zero-order chi connectivity index (χ0) is 20.5. The van der Waals surface area contributed by atoms with Gasteiger partial charge >= 0.3 is 59.1 Å². The molecule has 0 aliphatic heterocycles. The summed E-state index contributed by atoms with van der Waals surface area (Å²) in [6, 6.07) is 0. The number of carbonyl (C=O) groups is 2. The van der Waals surface area contributed by atoms with Gasteiger partial charge in [-0.25, -0.2) is 0 Å². The van der Waals surface area contributed by atoms with Gasteiger partial charge in [0.1, 0.15) is 4.75 Å². The Balaban J connectivity index is -0.00000312. The number of carbonyl (C=O) groups excluding carboxylic acids is 2. The van der Waals surface area contributed by atoms with E-state index in [1.54, 1.807) is 27.7 Å². The van der Waals surface area contributed by atoms with E-state index >= 15 is 0 Å². The quantitative estimate of drug-likeness (QED) is 0.212. The second-order valence-electron chi connectivity index (χ2n) is 6.96. The van der Waals surface area contributed by atoms with E-state index in [0.717, 1.165) is 0 Å². The zero-order valence-electron chi connectivity index (χ0n) is 18.2. The van der Waals surface area contributed by atoms with Gasteiger partial charge in [0.2, 0.25) is 0 Å². The van der Waals surface area contributed by atoms with Gasteiger partial charge in [-0.15, -0.1) is 0 Å². The van der Waals surface area contributed by atoms with Crippen molar-refractivity contribution in [3.8, 4) is 0 Å². The van der Waals surface area contributed by atoms with Gasteiger partial charge in [0.25, 0.3) is 10.1 Å². The van der Waals surface area contributed by atoms with Crippen molar-refractivity contribution >= 4 is 22.1 Å². The molecule has 1 N–H and O–H groups in total. The molecule has 0 spiro atoms. The Hall–Kier alpha value is 0.850. The Kier molecular flexibility index (Phi) is 18.7. The fourth-order valence-electron chi connectivity index (χ4n) is 4.23. The Bertz CT molecular complexity index is 556. The van der Waals surface area contributed by atoms with Crippen LogP contribution in [0.15, 0.2) is 0 Å². The van der Waals surface area contributed by atoms with Gasteiger partial charge in [0.05, 0.1) is 5.97 Å². The third kappa shape index (κ3) is 7.84. The Morgan fingerprint density at radius 1 is 0.857 bits per heavy atom. The summed E-state index contributed by atoms with van der Waals surface area (Å²) >= 11 is 0. The molecule has 0 aliphatic rings. The summed E-state index contributed by atoms with van der Waals surface area (Å²) in [5, 5.41) is 24.2. The van der Waals surface area contributed by atoms with Crippen molar-refractivity contribution in [3.05, 3.63) is 0 Å². The summed E-state index contributed by atoms with van der Waals surface area (Å²) in [6.07, 6.45) is 2.93. The number of hydrogen-bond acceptors (Lipinski definition) is 6. The van der Waals surface area contributed by atoms with Crippen molar-refractivity contribution in [2.45, 2.75) is 83.8 Å². The molecule has 0 amide bonds. The molecule has 0 fully saturated rings. The number of aliphatic carboxylic acids is 2. The fourth-order valence-corrected chi connectivity index (χ4v) is 5.71. The predicted octanol–water partition coefficient (Wildman–Crippen LogP) is -4.83. The zero-order valence-corrected chi connectivity index (χ0v) is 23.0. The summed E-state index contributed by atoms with van der Waals surface area (Å²) in [7, 11) is -5.28. The fraction of sp³-hybridized carbons (Fsp3) is 0.889. The molecule has 0 bridgehead atoms. The molecule has 0 saturated carbocycles. The summed E-state index contributed by atoms with van der Waals surface area (Å²) in [4.78, 5) is 24.2. The van der Waals surface area contributed by atoms with E-state index in [4.69, 9.17) is 0 Å². The smallest absolute Gasteiger partial charge is 0.550 e. The van der Waals surface area contributed by atoms with E-state index in [0.29, 0.717) is 38.5 Å². The van der Waals surface area contributed by atoms with Crippen LogP contribution in [0.25, 0.3) is 0 Å². The Labute approximate surface area is 213 Å². The molecule has 0 saturated heterocycles. The van der Waals surface area contributed by atoms with Gasteiger partial charge in [0.15, 0.2) is 0 Å². The SMILES string of the molecule is CCCC(CCC)C(C(=O)[O-])C(C(=O)[O-])(C(CCC)CCC)S(=O)(=O)O.[Na+].[Na+]. The molecule has 28 heavy (non-hydrogen) atoms. The van der Waals surface area contributed by atoms with Crippen LogP contribution in [0.1, 0.15) is 79.1 Å². The van der Waals surface area contributed by atoms with Gasteiger partial charge in [-0.3, -0.25) is 4.55 Å². The van der Waals surface area contributed by atoms with E-state index in [-0.39, 0.29) is 72.0 Å². The third-order valence-electron chi connectivity index (χ3n) is 5.13. The van der Waals surface area contributed by atoms with Crippen molar-refractivity contribution in [2.24, 2.45) is 17.8 Å². The van der Waals surface area contributed by atoms with E-state index < -0.39 is 44.6 Å². The molecule has 0 rings (SSSR count). The van der Waals surface area contributed by atoms with E-state index in [1.807, 2.05) is 0 Å². The van der Waals surface area contributed by atoms with Crippen LogP contribution in [0.2, 0.25) is 0 Å². The summed E-state index contributed by atoms with van der Waals surface area (Å²) in [5.74, 6) is -7.51. The van der Waals surface area contributed by atoms with Crippen molar-refractivity contribution in [1.29, 1.82) is 0 Å². The molecule has 2 unspecified atom stereocenters. The van der Waals surface area contributed by atoms with Crippen LogP contribution in [-0.4, -0.2) is 29.7 Å². The predicted molar refractivity (Wildman–Crippen MR) is 94.4 cm³/mol. The summed E-state index contributed by atoms with van der Waals surface area (Å²) in [6.45, 7) is 7.10. The van der Waals surface area contributed by atoms with Gasteiger partial charge in [-0.2, -0.15) is 8.42 Å². The summed E-state index contributed by atoms with van der Waals surface area (Å²) in [5.41, 5.74) is 0. The molecule has 0 aromatic rings. The van der Waals surface area contributed by atoms with E-state index in [9.17, 15) is 32.8 Å². The molecular formula is C18H32Na2O7S. The van der Waals surface area contributed by atoms with Crippen molar-refractivity contribution in [2.75, 3.05) is 0 Å². The van der Waals surface area contributed by atoms with E-state index in [2.05, 4.69) is 0 Å². The first-order valence-corrected chi connectivity index (χ1v) is 10.9. The Morgan fingerprint density at radius 2 is 1.21 bits per heavy atom. The number of carboxylic acid groups (broad SMARTS) is 2. The van der Waals surface area contributed by atoms with Crippen LogP contribution in [0, 0.1) is 17.8 Å². The van der Waals surface area contributed by atoms with Crippen LogP contribution in [0.5, 0.6) is 0 Å². The van der Waals surface area contributed by atoms with Gasteiger partial charge in [-0.05, 0) is 24.7 Å². The second-order valence-corrected chi connectivity index (χ2v) is 8.59. The molecule has 0 aromatic carbocycles. The number of hydrogen-bond donors (Lipinski definition) is 1. The van der Waals surface area contributed by atoms with Gasteiger partial charge in [0, 0.05) is 11.9 Å². The average Bonchev–Trinajstić information content (AvgIpc) is 2.50. The minimum Gasteiger partial charge on any atom is -0.550 e. The van der Waals surface area contributed by atoms with Crippen molar-refractivity contribution in [1.82, 2.24) is 0 Å². The topological polar surface area (TPSA) is 135 Å².